The third-order valence-electron chi connectivity index (χ3n) is 5.18. The normalized spacial score (nSPS) is 11.0. The molecule has 0 amide bonds. The van der Waals surface area contributed by atoms with Crippen molar-refractivity contribution < 1.29 is 4.74 Å². The van der Waals surface area contributed by atoms with Gasteiger partial charge in [-0.3, -0.25) is 9.88 Å². The smallest absolute Gasteiger partial charge is 0.122 e. The molecule has 1 heterocycles. The lowest BCUT2D eigenvalue weighted by Gasteiger charge is -2.24. The second-order valence-electron chi connectivity index (χ2n) is 6.98. The maximum atomic E-state index is 5.47. The Hall–Kier alpha value is -2.65. The second kappa shape index (κ2) is 9.33. The van der Waals surface area contributed by atoms with Crippen LogP contribution in [0.4, 0.5) is 0 Å². The van der Waals surface area contributed by atoms with Gasteiger partial charge in [0.15, 0.2) is 0 Å². The molecule has 0 unspecified atom stereocenters. The number of benzene rings is 2. The lowest BCUT2D eigenvalue weighted by molar-refractivity contribution is 0.259. The molecule has 27 heavy (non-hydrogen) atoms. The molecule has 0 fully saturated rings. The van der Waals surface area contributed by atoms with Crippen LogP contribution in [0.25, 0.3) is 0 Å². The van der Waals surface area contributed by atoms with Crippen molar-refractivity contribution in [2.45, 2.75) is 33.4 Å². The Labute approximate surface area is 162 Å². The van der Waals surface area contributed by atoms with Gasteiger partial charge in [-0.1, -0.05) is 36.4 Å². The molecule has 3 nitrogen and oxygen atoms in total. The van der Waals surface area contributed by atoms with Gasteiger partial charge in [-0.25, -0.2) is 0 Å². The molecule has 0 saturated carbocycles. The van der Waals surface area contributed by atoms with E-state index in [4.69, 9.17) is 4.74 Å². The van der Waals surface area contributed by atoms with E-state index < -0.39 is 0 Å². The summed E-state index contributed by atoms with van der Waals surface area (Å²) in [4.78, 5) is 6.65. The Morgan fingerprint density at radius 3 is 2.26 bits per heavy atom. The minimum Gasteiger partial charge on any atom is -0.496 e. The van der Waals surface area contributed by atoms with E-state index in [1.165, 1.54) is 27.8 Å². The quantitative estimate of drug-likeness (QED) is 0.568. The maximum Gasteiger partial charge on any atom is 0.122 e. The average Bonchev–Trinajstić information content (AvgIpc) is 2.71. The van der Waals surface area contributed by atoms with Gasteiger partial charge in [0.25, 0.3) is 0 Å². The maximum absolute atomic E-state index is 5.47. The molecule has 0 saturated heterocycles. The molecule has 1 aromatic heterocycles. The van der Waals surface area contributed by atoms with E-state index in [2.05, 4.69) is 78.3 Å². The third kappa shape index (κ3) is 5.18. The van der Waals surface area contributed by atoms with E-state index in [-0.39, 0.29) is 0 Å². The highest BCUT2D eigenvalue weighted by Crippen LogP contribution is 2.25. The van der Waals surface area contributed by atoms with Crippen LogP contribution < -0.4 is 4.74 Å². The number of ether oxygens (including phenoxy) is 1. The minimum atomic E-state index is 0.917. The van der Waals surface area contributed by atoms with Gasteiger partial charge in [-0.05, 0) is 66.3 Å². The minimum absolute atomic E-state index is 0.917. The standard InChI is InChI=1S/C24H28N2O/c1-19-20(2)24(27-3)10-9-23(19)18-26(17-22-11-14-25-15-12-22)16-13-21-7-5-4-6-8-21/h4-12,14-15H,13,16-18H2,1-3H3. The van der Waals surface area contributed by atoms with Crippen molar-refractivity contribution in [2.24, 2.45) is 0 Å². The van der Waals surface area contributed by atoms with Gasteiger partial charge in [0, 0.05) is 32.0 Å². The predicted octanol–water partition coefficient (Wildman–Crippen LogP) is 4.95. The first kappa shape index (κ1) is 19.1. The summed E-state index contributed by atoms with van der Waals surface area (Å²) in [6.45, 7) is 7.17. The van der Waals surface area contributed by atoms with E-state index in [9.17, 15) is 0 Å². The predicted molar refractivity (Wildman–Crippen MR) is 111 cm³/mol. The van der Waals surface area contributed by atoms with Crippen LogP contribution >= 0.6 is 0 Å². The Balaban J connectivity index is 1.77. The lowest BCUT2D eigenvalue weighted by atomic mass is 10.0. The van der Waals surface area contributed by atoms with Crippen LogP contribution in [0.5, 0.6) is 5.75 Å². The highest BCUT2D eigenvalue weighted by Gasteiger charge is 2.12. The number of nitrogens with zero attached hydrogens (tertiary/aromatic N) is 2. The van der Waals surface area contributed by atoms with Crippen LogP contribution in [-0.2, 0) is 19.5 Å². The SMILES string of the molecule is COc1ccc(CN(CCc2ccccc2)Cc2ccncc2)c(C)c1C. The summed E-state index contributed by atoms with van der Waals surface area (Å²) in [5.41, 5.74) is 6.56. The van der Waals surface area contributed by atoms with Crippen molar-refractivity contribution in [2.75, 3.05) is 13.7 Å². The van der Waals surface area contributed by atoms with Crippen LogP contribution in [0.1, 0.15) is 27.8 Å². The molecule has 0 spiro atoms. The summed E-state index contributed by atoms with van der Waals surface area (Å²) >= 11 is 0. The molecule has 0 bridgehead atoms. The molecular formula is C24H28N2O. The Bertz CT molecular complexity index is 847. The lowest BCUT2D eigenvalue weighted by Crippen LogP contribution is -2.26. The Morgan fingerprint density at radius 2 is 1.56 bits per heavy atom. The van der Waals surface area contributed by atoms with Crippen LogP contribution in [-0.4, -0.2) is 23.5 Å². The van der Waals surface area contributed by atoms with E-state index >= 15 is 0 Å². The van der Waals surface area contributed by atoms with Crippen molar-refractivity contribution in [3.63, 3.8) is 0 Å². The number of aromatic nitrogens is 1. The summed E-state index contributed by atoms with van der Waals surface area (Å²) < 4.78 is 5.47. The zero-order chi connectivity index (χ0) is 19.1. The van der Waals surface area contributed by atoms with Crippen molar-refractivity contribution in [1.82, 2.24) is 9.88 Å². The van der Waals surface area contributed by atoms with Gasteiger partial charge in [0.1, 0.15) is 5.75 Å². The second-order valence-corrected chi connectivity index (χ2v) is 6.98. The van der Waals surface area contributed by atoms with Crippen molar-refractivity contribution in [1.29, 1.82) is 0 Å². The summed E-state index contributed by atoms with van der Waals surface area (Å²) in [6.07, 6.45) is 4.78. The zero-order valence-corrected chi connectivity index (χ0v) is 16.5. The van der Waals surface area contributed by atoms with Crippen LogP contribution in [0, 0.1) is 13.8 Å². The fraction of sp³-hybridized carbons (Fsp3) is 0.292. The van der Waals surface area contributed by atoms with Gasteiger partial charge in [-0.2, -0.15) is 0 Å². The number of rotatable bonds is 8. The Morgan fingerprint density at radius 1 is 0.815 bits per heavy atom. The molecule has 3 aromatic rings. The van der Waals surface area contributed by atoms with E-state index in [1.807, 2.05) is 12.4 Å². The molecular weight excluding hydrogens is 332 g/mol. The molecule has 3 rings (SSSR count). The average molecular weight is 361 g/mol. The molecule has 2 aromatic carbocycles. The number of hydrogen-bond donors (Lipinski definition) is 0. The van der Waals surface area contributed by atoms with Gasteiger partial charge >= 0.3 is 0 Å². The van der Waals surface area contributed by atoms with Crippen molar-refractivity contribution >= 4 is 0 Å². The fourth-order valence-corrected chi connectivity index (χ4v) is 3.38. The van der Waals surface area contributed by atoms with Crippen molar-refractivity contribution in [3.05, 3.63) is 94.8 Å². The molecule has 0 aliphatic carbocycles. The monoisotopic (exact) mass is 360 g/mol. The number of pyridine rings is 1. The first-order valence-electron chi connectivity index (χ1n) is 9.45. The first-order chi connectivity index (χ1) is 13.2. The fourth-order valence-electron chi connectivity index (χ4n) is 3.38. The van der Waals surface area contributed by atoms with Gasteiger partial charge in [0.05, 0.1) is 7.11 Å². The van der Waals surface area contributed by atoms with Crippen LogP contribution in [0.3, 0.4) is 0 Å². The Kier molecular flexibility index (Phi) is 6.61. The van der Waals surface area contributed by atoms with Gasteiger partial charge < -0.3 is 4.74 Å². The zero-order valence-electron chi connectivity index (χ0n) is 16.5. The summed E-state index contributed by atoms with van der Waals surface area (Å²) in [6, 6.07) is 19.2. The number of methoxy groups -OCH3 is 1. The number of hydrogen-bond acceptors (Lipinski definition) is 3. The molecule has 0 radical (unpaired) electrons. The highest BCUT2D eigenvalue weighted by atomic mass is 16.5. The molecule has 0 atom stereocenters. The molecule has 3 heteroatoms. The topological polar surface area (TPSA) is 25.4 Å². The van der Waals surface area contributed by atoms with E-state index in [0.717, 1.165) is 31.8 Å². The van der Waals surface area contributed by atoms with Crippen LogP contribution in [0.2, 0.25) is 0 Å². The van der Waals surface area contributed by atoms with Crippen LogP contribution in [0.15, 0.2) is 67.0 Å². The molecule has 0 aliphatic heterocycles. The third-order valence-corrected chi connectivity index (χ3v) is 5.18. The first-order valence-corrected chi connectivity index (χ1v) is 9.45. The van der Waals surface area contributed by atoms with Crippen molar-refractivity contribution in [3.8, 4) is 5.75 Å². The summed E-state index contributed by atoms with van der Waals surface area (Å²) in [5.74, 6) is 0.959. The van der Waals surface area contributed by atoms with E-state index in [1.54, 1.807) is 7.11 Å². The summed E-state index contributed by atoms with van der Waals surface area (Å²) in [5, 5.41) is 0. The van der Waals surface area contributed by atoms with E-state index in [0.29, 0.717) is 0 Å². The van der Waals surface area contributed by atoms with Gasteiger partial charge in [0.2, 0.25) is 0 Å². The largest absolute Gasteiger partial charge is 0.496 e. The summed E-state index contributed by atoms with van der Waals surface area (Å²) in [7, 11) is 1.73. The highest BCUT2D eigenvalue weighted by molar-refractivity contribution is 5.43. The van der Waals surface area contributed by atoms with Gasteiger partial charge in [-0.15, -0.1) is 0 Å². The molecule has 140 valence electrons. The molecule has 0 aliphatic rings. The molecule has 0 N–H and O–H groups in total.